The lowest BCUT2D eigenvalue weighted by Gasteiger charge is -2.11. The molecule has 1 N–H and O–H groups in total. The molecule has 27 heavy (non-hydrogen) atoms. The first-order chi connectivity index (χ1) is 13.1. The van der Waals surface area contributed by atoms with Crippen molar-refractivity contribution in [3.63, 3.8) is 0 Å². The highest BCUT2D eigenvalue weighted by molar-refractivity contribution is 7.99. The Kier molecular flexibility index (Phi) is 6.08. The Morgan fingerprint density at radius 2 is 1.85 bits per heavy atom. The van der Waals surface area contributed by atoms with Gasteiger partial charge in [0.2, 0.25) is 0 Å². The van der Waals surface area contributed by atoms with E-state index in [4.69, 9.17) is 0 Å². The molecule has 138 valence electrons. The molecule has 0 aliphatic rings. The number of anilines is 1. The lowest BCUT2D eigenvalue weighted by Crippen LogP contribution is -2.26. The van der Waals surface area contributed by atoms with Gasteiger partial charge in [-0.15, -0.1) is 0 Å². The first-order valence-corrected chi connectivity index (χ1v) is 9.61. The zero-order valence-corrected chi connectivity index (χ0v) is 16.1. The fraction of sp³-hybridized carbons (Fsp3) is 0.190. The summed E-state index contributed by atoms with van der Waals surface area (Å²) in [6, 6.07) is 18.9. The molecule has 0 saturated carbocycles. The van der Waals surface area contributed by atoms with Gasteiger partial charge in [0.1, 0.15) is 5.69 Å². The predicted octanol–water partition coefficient (Wildman–Crippen LogP) is 4.37. The predicted molar refractivity (Wildman–Crippen MR) is 108 cm³/mol. The highest BCUT2D eigenvalue weighted by atomic mass is 32.2. The molecule has 6 heteroatoms. The quantitative estimate of drug-likeness (QED) is 0.691. The summed E-state index contributed by atoms with van der Waals surface area (Å²) in [6.45, 7) is 4.40. The minimum absolute atomic E-state index is 0.202. The van der Waals surface area contributed by atoms with E-state index in [1.165, 1.54) is 16.8 Å². The fourth-order valence-electron chi connectivity index (χ4n) is 2.59. The van der Waals surface area contributed by atoms with E-state index in [0.717, 1.165) is 27.5 Å². The van der Waals surface area contributed by atoms with Crippen molar-refractivity contribution in [3.8, 4) is 0 Å². The van der Waals surface area contributed by atoms with E-state index >= 15 is 0 Å². The van der Waals surface area contributed by atoms with Crippen LogP contribution < -0.4 is 10.9 Å². The molecule has 0 atom stereocenters. The van der Waals surface area contributed by atoms with Crippen molar-refractivity contribution in [1.82, 2.24) is 9.78 Å². The lowest BCUT2D eigenvalue weighted by atomic mass is 10.2. The molecular formula is C21H21N3O2S. The molecule has 5 nitrogen and oxygen atoms in total. The van der Waals surface area contributed by atoms with Gasteiger partial charge in [0.25, 0.3) is 11.5 Å². The van der Waals surface area contributed by atoms with Crippen molar-refractivity contribution in [1.29, 1.82) is 0 Å². The number of carbonyl (C=O) groups is 1. The maximum atomic E-state index is 12.5. The van der Waals surface area contributed by atoms with Crippen LogP contribution in [0.2, 0.25) is 0 Å². The average molecular weight is 379 g/mol. The zero-order chi connectivity index (χ0) is 19.2. The Bertz CT molecular complexity index is 1000. The second-order valence-corrected chi connectivity index (χ2v) is 7.27. The summed E-state index contributed by atoms with van der Waals surface area (Å²) in [7, 11) is 0. The maximum Gasteiger partial charge on any atom is 0.276 e. The standard InChI is InChI=1S/C21H21N3O2S/c1-3-13-24-20(25)12-11-19(23-24)21(26)22-18-10-9-17(14-15(18)2)27-16-7-5-4-6-8-16/h4-12,14H,3,13H2,1-2H3,(H,22,26). The van der Waals surface area contributed by atoms with Gasteiger partial charge >= 0.3 is 0 Å². The monoisotopic (exact) mass is 379 g/mol. The topological polar surface area (TPSA) is 64.0 Å². The normalized spacial score (nSPS) is 10.6. The third-order valence-corrected chi connectivity index (χ3v) is 4.96. The number of hydrogen-bond acceptors (Lipinski definition) is 4. The molecule has 0 radical (unpaired) electrons. The third-order valence-electron chi connectivity index (χ3n) is 3.96. The van der Waals surface area contributed by atoms with Crippen LogP contribution in [0.25, 0.3) is 0 Å². The molecule has 0 spiro atoms. The van der Waals surface area contributed by atoms with Gasteiger partial charge in [-0.05, 0) is 55.3 Å². The fourth-order valence-corrected chi connectivity index (χ4v) is 3.53. The molecule has 0 fully saturated rings. The number of aromatic nitrogens is 2. The van der Waals surface area contributed by atoms with Crippen LogP contribution >= 0.6 is 11.8 Å². The van der Waals surface area contributed by atoms with E-state index in [1.54, 1.807) is 11.8 Å². The van der Waals surface area contributed by atoms with Gasteiger partial charge in [-0.1, -0.05) is 36.9 Å². The molecular weight excluding hydrogens is 358 g/mol. The minimum Gasteiger partial charge on any atom is -0.320 e. The van der Waals surface area contributed by atoms with Crippen LogP contribution in [0, 0.1) is 6.92 Å². The summed E-state index contributed by atoms with van der Waals surface area (Å²) in [5, 5.41) is 7.03. The third kappa shape index (κ3) is 4.86. The molecule has 0 aliphatic carbocycles. The van der Waals surface area contributed by atoms with Crippen LogP contribution in [0.15, 0.2) is 75.2 Å². The smallest absolute Gasteiger partial charge is 0.276 e. The van der Waals surface area contributed by atoms with Crippen LogP contribution in [-0.4, -0.2) is 15.7 Å². The van der Waals surface area contributed by atoms with Crippen LogP contribution in [0.4, 0.5) is 5.69 Å². The summed E-state index contributed by atoms with van der Waals surface area (Å²) in [5.41, 5.74) is 1.72. The van der Waals surface area contributed by atoms with Gasteiger partial charge in [-0.3, -0.25) is 9.59 Å². The molecule has 1 aromatic heterocycles. The van der Waals surface area contributed by atoms with Crippen LogP contribution in [0.3, 0.4) is 0 Å². The molecule has 3 rings (SSSR count). The summed E-state index contributed by atoms with van der Waals surface area (Å²) in [5.74, 6) is -0.327. The van der Waals surface area contributed by atoms with Gasteiger partial charge in [0.15, 0.2) is 0 Å². The van der Waals surface area contributed by atoms with Crippen LogP contribution in [0.5, 0.6) is 0 Å². The highest BCUT2D eigenvalue weighted by Crippen LogP contribution is 2.30. The van der Waals surface area contributed by atoms with E-state index in [2.05, 4.69) is 22.5 Å². The number of carbonyl (C=O) groups excluding carboxylic acids is 1. The molecule has 0 aliphatic heterocycles. The number of aryl methyl sites for hydroxylation is 2. The zero-order valence-electron chi connectivity index (χ0n) is 15.3. The van der Waals surface area contributed by atoms with Crippen molar-refractivity contribution in [2.45, 2.75) is 36.6 Å². The molecule has 2 aromatic carbocycles. The minimum atomic E-state index is -0.327. The van der Waals surface area contributed by atoms with Gasteiger partial charge in [0, 0.05) is 28.1 Å². The SMILES string of the molecule is CCCn1nc(C(=O)Nc2ccc(Sc3ccccc3)cc2C)ccc1=O. The molecule has 1 heterocycles. The molecule has 0 unspecified atom stereocenters. The molecule has 1 amide bonds. The molecule has 3 aromatic rings. The van der Waals surface area contributed by atoms with E-state index in [-0.39, 0.29) is 17.2 Å². The first kappa shape index (κ1) is 18.9. The average Bonchev–Trinajstić information content (AvgIpc) is 2.66. The molecule has 0 saturated heterocycles. The van der Waals surface area contributed by atoms with Gasteiger partial charge < -0.3 is 5.32 Å². The van der Waals surface area contributed by atoms with Gasteiger partial charge in [-0.25, -0.2) is 4.68 Å². The summed E-state index contributed by atoms with van der Waals surface area (Å²) >= 11 is 1.67. The van der Waals surface area contributed by atoms with Gasteiger partial charge in [-0.2, -0.15) is 5.10 Å². The lowest BCUT2D eigenvalue weighted by molar-refractivity contribution is 0.101. The summed E-state index contributed by atoms with van der Waals surface area (Å²) in [4.78, 5) is 26.5. The Morgan fingerprint density at radius 1 is 1.07 bits per heavy atom. The number of benzene rings is 2. The summed E-state index contributed by atoms with van der Waals surface area (Å²) in [6.07, 6.45) is 0.775. The summed E-state index contributed by atoms with van der Waals surface area (Å²) < 4.78 is 1.32. The van der Waals surface area contributed by atoms with Crippen molar-refractivity contribution < 1.29 is 4.79 Å². The van der Waals surface area contributed by atoms with E-state index < -0.39 is 0 Å². The van der Waals surface area contributed by atoms with Crippen molar-refractivity contribution in [2.75, 3.05) is 5.32 Å². The number of hydrogen-bond donors (Lipinski definition) is 1. The van der Waals surface area contributed by atoms with E-state index in [1.807, 2.05) is 50.2 Å². The van der Waals surface area contributed by atoms with E-state index in [0.29, 0.717) is 6.54 Å². The number of rotatable bonds is 6. The van der Waals surface area contributed by atoms with Crippen LogP contribution in [-0.2, 0) is 6.54 Å². The van der Waals surface area contributed by atoms with Gasteiger partial charge in [0.05, 0.1) is 0 Å². The maximum absolute atomic E-state index is 12.5. The van der Waals surface area contributed by atoms with Crippen molar-refractivity contribution in [3.05, 3.63) is 82.3 Å². The second kappa shape index (κ2) is 8.68. The largest absolute Gasteiger partial charge is 0.320 e. The Hall–Kier alpha value is -2.86. The number of nitrogens with one attached hydrogen (secondary N) is 1. The molecule has 0 bridgehead atoms. The van der Waals surface area contributed by atoms with Crippen LogP contribution in [0.1, 0.15) is 29.4 Å². The Labute approximate surface area is 162 Å². The Balaban J connectivity index is 1.74. The van der Waals surface area contributed by atoms with E-state index in [9.17, 15) is 9.59 Å². The van der Waals surface area contributed by atoms with Crippen molar-refractivity contribution >= 4 is 23.4 Å². The number of nitrogens with zero attached hydrogens (tertiary/aromatic N) is 2. The second-order valence-electron chi connectivity index (χ2n) is 6.13. The van der Waals surface area contributed by atoms with Crippen molar-refractivity contribution in [2.24, 2.45) is 0 Å². The highest BCUT2D eigenvalue weighted by Gasteiger charge is 2.11. The Morgan fingerprint density at radius 3 is 2.56 bits per heavy atom. The number of amides is 1. The first-order valence-electron chi connectivity index (χ1n) is 8.80.